The number of nitro groups is 1. The van der Waals surface area contributed by atoms with Crippen molar-refractivity contribution in [1.82, 2.24) is 9.88 Å². The molecular weight excluding hydrogens is 302 g/mol. The first-order chi connectivity index (χ1) is 10.9. The standard InChI is InChI=1S/C15H17N3O5/c1-10(15(19)20)17(2)7-6-14-16-9-13(23-14)11-4-3-5-12(8-11)18(21)22/h3-5,8-10H,6-7H2,1-2H3,(H,19,20). The van der Waals surface area contributed by atoms with Crippen LogP contribution in [0, 0.1) is 10.1 Å². The molecule has 0 saturated heterocycles. The van der Waals surface area contributed by atoms with Crippen molar-refractivity contribution in [2.75, 3.05) is 13.6 Å². The number of aromatic nitrogens is 1. The van der Waals surface area contributed by atoms with Gasteiger partial charge in [-0.05, 0) is 14.0 Å². The van der Waals surface area contributed by atoms with Gasteiger partial charge in [-0.1, -0.05) is 12.1 Å². The first kappa shape index (κ1) is 16.6. The fraction of sp³-hybridized carbons (Fsp3) is 0.333. The van der Waals surface area contributed by atoms with Gasteiger partial charge in [-0.15, -0.1) is 0 Å². The molecule has 0 radical (unpaired) electrons. The molecule has 0 fully saturated rings. The number of benzene rings is 1. The molecule has 23 heavy (non-hydrogen) atoms. The average molecular weight is 319 g/mol. The zero-order valence-corrected chi connectivity index (χ0v) is 12.8. The molecule has 8 heteroatoms. The summed E-state index contributed by atoms with van der Waals surface area (Å²) in [5, 5.41) is 19.7. The van der Waals surface area contributed by atoms with Gasteiger partial charge in [0.05, 0.1) is 11.1 Å². The van der Waals surface area contributed by atoms with Crippen LogP contribution in [-0.2, 0) is 11.2 Å². The maximum atomic E-state index is 10.9. The Balaban J connectivity index is 2.05. The van der Waals surface area contributed by atoms with Gasteiger partial charge in [0, 0.05) is 30.7 Å². The van der Waals surface area contributed by atoms with Gasteiger partial charge >= 0.3 is 5.97 Å². The fourth-order valence-electron chi connectivity index (χ4n) is 1.99. The number of nitro benzene ring substituents is 1. The van der Waals surface area contributed by atoms with E-state index in [0.29, 0.717) is 30.2 Å². The second-order valence-electron chi connectivity index (χ2n) is 5.17. The molecule has 1 N–H and O–H groups in total. The van der Waals surface area contributed by atoms with Crippen LogP contribution >= 0.6 is 0 Å². The molecule has 0 aliphatic rings. The van der Waals surface area contributed by atoms with Crippen LogP contribution in [0.5, 0.6) is 0 Å². The molecule has 1 heterocycles. The Kier molecular flexibility index (Phi) is 5.07. The van der Waals surface area contributed by atoms with E-state index in [1.165, 1.54) is 18.3 Å². The summed E-state index contributed by atoms with van der Waals surface area (Å²) in [4.78, 5) is 27.0. The molecule has 1 atom stereocenters. The zero-order valence-electron chi connectivity index (χ0n) is 12.8. The van der Waals surface area contributed by atoms with Crippen LogP contribution in [0.1, 0.15) is 12.8 Å². The number of rotatable bonds is 7. The first-order valence-electron chi connectivity index (χ1n) is 7.01. The number of nitrogens with zero attached hydrogens (tertiary/aromatic N) is 3. The lowest BCUT2D eigenvalue weighted by Gasteiger charge is -2.19. The van der Waals surface area contributed by atoms with Gasteiger partial charge in [0.25, 0.3) is 5.69 Å². The van der Waals surface area contributed by atoms with E-state index in [0.717, 1.165) is 0 Å². The summed E-state index contributed by atoms with van der Waals surface area (Å²) < 4.78 is 5.59. The van der Waals surface area contributed by atoms with E-state index in [4.69, 9.17) is 9.52 Å². The lowest BCUT2D eigenvalue weighted by molar-refractivity contribution is -0.384. The highest BCUT2D eigenvalue weighted by Gasteiger charge is 2.17. The quantitative estimate of drug-likeness (QED) is 0.615. The lowest BCUT2D eigenvalue weighted by atomic mass is 10.2. The number of carboxylic acids is 1. The smallest absolute Gasteiger partial charge is 0.320 e. The van der Waals surface area contributed by atoms with E-state index in [-0.39, 0.29) is 5.69 Å². The molecule has 1 aromatic carbocycles. The van der Waals surface area contributed by atoms with Crippen LogP contribution in [0.3, 0.4) is 0 Å². The normalized spacial score (nSPS) is 12.3. The summed E-state index contributed by atoms with van der Waals surface area (Å²) in [5.74, 6) is 0.00534. The third-order valence-electron chi connectivity index (χ3n) is 3.59. The summed E-state index contributed by atoms with van der Waals surface area (Å²) in [5.41, 5.74) is 0.556. The second kappa shape index (κ2) is 7.01. The summed E-state index contributed by atoms with van der Waals surface area (Å²) in [6.07, 6.45) is 1.96. The van der Waals surface area contributed by atoms with E-state index in [1.54, 1.807) is 31.0 Å². The molecule has 2 rings (SSSR count). The predicted molar refractivity (Wildman–Crippen MR) is 82.0 cm³/mol. The third-order valence-corrected chi connectivity index (χ3v) is 3.59. The molecule has 1 aromatic heterocycles. The van der Waals surface area contributed by atoms with E-state index >= 15 is 0 Å². The van der Waals surface area contributed by atoms with Crippen molar-refractivity contribution in [3.63, 3.8) is 0 Å². The number of hydrogen-bond acceptors (Lipinski definition) is 6. The van der Waals surface area contributed by atoms with Gasteiger partial charge in [-0.3, -0.25) is 19.8 Å². The van der Waals surface area contributed by atoms with Crippen LogP contribution in [-0.4, -0.2) is 45.5 Å². The largest absolute Gasteiger partial charge is 0.480 e. The SMILES string of the molecule is CC(C(=O)O)N(C)CCc1ncc(-c2cccc([N+](=O)[O-])c2)o1. The highest BCUT2D eigenvalue weighted by Crippen LogP contribution is 2.24. The Morgan fingerprint density at radius 3 is 2.91 bits per heavy atom. The molecule has 0 bridgehead atoms. The van der Waals surface area contributed by atoms with Crippen molar-refractivity contribution in [3.05, 3.63) is 46.5 Å². The molecule has 0 aliphatic carbocycles. The minimum Gasteiger partial charge on any atom is -0.480 e. The Hall–Kier alpha value is -2.74. The predicted octanol–water partition coefficient (Wildman–Crippen LogP) is 2.20. The molecule has 0 amide bonds. The molecule has 0 aliphatic heterocycles. The fourth-order valence-corrected chi connectivity index (χ4v) is 1.99. The number of oxazole rings is 1. The summed E-state index contributed by atoms with van der Waals surface area (Å²) >= 11 is 0. The zero-order chi connectivity index (χ0) is 17.0. The maximum Gasteiger partial charge on any atom is 0.320 e. The first-order valence-corrected chi connectivity index (χ1v) is 7.01. The number of non-ortho nitro benzene ring substituents is 1. The Morgan fingerprint density at radius 1 is 1.52 bits per heavy atom. The lowest BCUT2D eigenvalue weighted by Crippen LogP contribution is -2.37. The van der Waals surface area contributed by atoms with E-state index in [1.807, 2.05) is 0 Å². The highest BCUT2D eigenvalue weighted by atomic mass is 16.6. The second-order valence-corrected chi connectivity index (χ2v) is 5.17. The maximum absolute atomic E-state index is 10.9. The van der Waals surface area contributed by atoms with Crippen LogP contribution < -0.4 is 0 Å². The molecular formula is C15H17N3O5. The Labute approximate surface area is 132 Å². The van der Waals surface area contributed by atoms with Crippen LogP contribution in [0.4, 0.5) is 5.69 Å². The number of aliphatic carboxylic acids is 1. The topological polar surface area (TPSA) is 110 Å². The molecule has 2 aromatic rings. The summed E-state index contributed by atoms with van der Waals surface area (Å²) in [6, 6.07) is 5.51. The van der Waals surface area contributed by atoms with Gasteiger partial charge < -0.3 is 9.52 Å². The van der Waals surface area contributed by atoms with Crippen molar-refractivity contribution in [3.8, 4) is 11.3 Å². The monoisotopic (exact) mass is 319 g/mol. The van der Waals surface area contributed by atoms with Crippen molar-refractivity contribution in [1.29, 1.82) is 0 Å². The van der Waals surface area contributed by atoms with E-state index in [2.05, 4.69) is 4.98 Å². The van der Waals surface area contributed by atoms with Crippen molar-refractivity contribution in [2.24, 2.45) is 0 Å². The van der Waals surface area contributed by atoms with E-state index < -0.39 is 16.9 Å². The Bertz CT molecular complexity index is 713. The highest BCUT2D eigenvalue weighted by molar-refractivity contribution is 5.72. The molecule has 1 unspecified atom stereocenters. The Morgan fingerprint density at radius 2 is 2.26 bits per heavy atom. The number of hydrogen-bond donors (Lipinski definition) is 1. The minimum absolute atomic E-state index is 0.0181. The number of carboxylic acid groups (broad SMARTS) is 1. The summed E-state index contributed by atoms with van der Waals surface area (Å²) in [6.45, 7) is 2.08. The summed E-state index contributed by atoms with van der Waals surface area (Å²) in [7, 11) is 1.71. The minimum atomic E-state index is -0.891. The van der Waals surface area contributed by atoms with Crippen LogP contribution in [0.2, 0.25) is 0 Å². The molecule has 8 nitrogen and oxygen atoms in total. The molecule has 0 spiro atoms. The molecule has 122 valence electrons. The van der Waals surface area contributed by atoms with Gasteiger partial charge in [-0.25, -0.2) is 4.98 Å². The number of carbonyl (C=O) groups is 1. The van der Waals surface area contributed by atoms with Crippen LogP contribution in [0.15, 0.2) is 34.9 Å². The van der Waals surface area contributed by atoms with Gasteiger partial charge in [0.1, 0.15) is 6.04 Å². The van der Waals surface area contributed by atoms with Crippen molar-refractivity contribution < 1.29 is 19.2 Å². The van der Waals surface area contributed by atoms with Gasteiger partial charge in [-0.2, -0.15) is 0 Å². The third kappa shape index (κ3) is 4.13. The van der Waals surface area contributed by atoms with Gasteiger partial charge in [0.2, 0.25) is 0 Å². The molecule has 0 saturated carbocycles. The van der Waals surface area contributed by atoms with Crippen LogP contribution in [0.25, 0.3) is 11.3 Å². The number of likely N-dealkylation sites (N-methyl/N-ethyl adjacent to an activating group) is 1. The van der Waals surface area contributed by atoms with E-state index in [9.17, 15) is 14.9 Å². The van der Waals surface area contributed by atoms with Crippen molar-refractivity contribution >= 4 is 11.7 Å². The van der Waals surface area contributed by atoms with Gasteiger partial charge in [0.15, 0.2) is 11.7 Å². The van der Waals surface area contributed by atoms with Crippen molar-refractivity contribution in [2.45, 2.75) is 19.4 Å². The average Bonchev–Trinajstić information content (AvgIpc) is 3.00.